The van der Waals surface area contributed by atoms with Crippen LogP contribution >= 0.6 is 0 Å². The van der Waals surface area contributed by atoms with Crippen molar-refractivity contribution in [1.29, 1.82) is 0 Å². The lowest BCUT2D eigenvalue weighted by molar-refractivity contribution is 0.421. The monoisotopic (exact) mass is 239 g/mol. The number of aromatic nitrogens is 1. The number of nitrogens with one attached hydrogen (secondary N) is 1. The molecule has 1 heterocycles. The van der Waals surface area contributed by atoms with Crippen LogP contribution in [0.5, 0.6) is 0 Å². The van der Waals surface area contributed by atoms with Crippen LogP contribution in [0.1, 0.15) is 40.3 Å². The molecule has 1 aromatic rings. The van der Waals surface area contributed by atoms with Crippen molar-refractivity contribution < 1.29 is 4.42 Å². The van der Waals surface area contributed by atoms with Gasteiger partial charge in [-0.15, -0.1) is 0 Å². The van der Waals surface area contributed by atoms with Crippen LogP contribution in [0.4, 0.5) is 6.01 Å². The first-order valence-electron chi connectivity index (χ1n) is 6.18. The molecular weight excluding hydrogens is 214 g/mol. The standard InChI is InChI=1S/C13H25N3O/c1-10(2)8-16(6)12-15-11(9-17-12)7-14-13(3,4)5/h9-10,14H,7-8H2,1-6H3. The largest absolute Gasteiger partial charge is 0.432 e. The first kappa shape index (κ1) is 14.0. The summed E-state index contributed by atoms with van der Waals surface area (Å²) in [5.41, 5.74) is 1.05. The molecule has 0 aliphatic rings. The third kappa shape index (κ3) is 5.22. The molecule has 4 nitrogen and oxygen atoms in total. The maximum Gasteiger partial charge on any atom is 0.297 e. The van der Waals surface area contributed by atoms with Crippen molar-refractivity contribution in [2.45, 2.75) is 46.7 Å². The van der Waals surface area contributed by atoms with Crippen LogP contribution in [0.25, 0.3) is 0 Å². The van der Waals surface area contributed by atoms with Gasteiger partial charge in [-0.05, 0) is 26.7 Å². The van der Waals surface area contributed by atoms with E-state index in [4.69, 9.17) is 4.42 Å². The lowest BCUT2D eigenvalue weighted by Crippen LogP contribution is -2.35. The van der Waals surface area contributed by atoms with Gasteiger partial charge >= 0.3 is 0 Å². The Morgan fingerprint density at radius 1 is 1.41 bits per heavy atom. The molecule has 17 heavy (non-hydrogen) atoms. The maximum atomic E-state index is 5.47. The molecule has 0 aliphatic heterocycles. The zero-order chi connectivity index (χ0) is 13.1. The van der Waals surface area contributed by atoms with Crippen molar-refractivity contribution in [3.05, 3.63) is 12.0 Å². The van der Waals surface area contributed by atoms with Crippen LogP contribution in [-0.2, 0) is 6.54 Å². The first-order valence-corrected chi connectivity index (χ1v) is 6.18. The summed E-state index contributed by atoms with van der Waals surface area (Å²) < 4.78 is 5.47. The Morgan fingerprint density at radius 2 is 2.06 bits per heavy atom. The van der Waals surface area contributed by atoms with Crippen molar-refractivity contribution in [2.24, 2.45) is 5.92 Å². The van der Waals surface area contributed by atoms with Crippen LogP contribution in [-0.4, -0.2) is 24.1 Å². The van der Waals surface area contributed by atoms with Crippen LogP contribution in [0, 0.1) is 5.92 Å². The topological polar surface area (TPSA) is 41.3 Å². The highest BCUT2D eigenvalue weighted by Gasteiger charge is 2.13. The highest BCUT2D eigenvalue weighted by atomic mass is 16.4. The quantitative estimate of drug-likeness (QED) is 0.857. The first-order chi connectivity index (χ1) is 7.78. The summed E-state index contributed by atoms with van der Waals surface area (Å²) in [7, 11) is 2.01. The Kier molecular flexibility index (Phi) is 4.57. The molecule has 0 bridgehead atoms. The molecule has 0 radical (unpaired) electrons. The minimum Gasteiger partial charge on any atom is -0.432 e. The smallest absolute Gasteiger partial charge is 0.297 e. The summed E-state index contributed by atoms with van der Waals surface area (Å²) in [6.07, 6.45) is 1.73. The fraction of sp³-hybridized carbons (Fsp3) is 0.769. The van der Waals surface area contributed by atoms with Gasteiger partial charge in [-0.1, -0.05) is 13.8 Å². The van der Waals surface area contributed by atoms with Crippen LogP contribution < -0.4 is 10.2 Å². The van der Waals surface area contributed by atoms with Crippen molar-refractivity contribution in [1.82, 2.24) is 10.3 Å². The second-order valence-corrected chi connectivity index (χ2v) is 6.00. The predicted octanol–water partition coefficient (Wildman–Crippen LogP) is 2.65. The van der Waals surface area contributed by atoms with Crippen LogP contribution in [0.2, 0.25) is 0 Å². The molecule has 98 valence electrons. The van der Waals surface area contributed by atoms with Gasteiger partial charge in [0.1, 0.15) is 6.26 Å². The second-order valence-electron chi connectivity index (χ2n) is 6.00. The van der Waals surface area contributed by atoms with E-state index < -0.39 is 0 Å². The van der Waals surface area contributed by atoms with Crippen molar-refractivity contribution in [3.63, 3.8) is 0 Å². The Morgan fingerprint density at radius 3 is 2.59 bits per heavy atom. The number of hydrogen-bond acceptors (Lipinski definition) is 4. The number of oxazole rings is 1. The molecule has 0 saturated carbocycles. The zero-order valence-corrected chi connectivity index (χ0v) is 11.9. The number of rotatable bonds is 5. The number of nitrogens with zero attached hydrogens (tertiary/aromatic N) is 2. The van der Waals surface area contributed by atoms with E-state index in [1.54, 1.807) is 6.26 Å². The van der Waals surface area contributed by atoms with Crippen molar-refractivity contribution in [3.8, 4) is 0 Å². The average molecular weight is 239 g/mol. The van der Waals surface area contributed by atoms with E-state index in [0.717, 1.165) is 18.8 Å². The molecule has 0 atom stereocenters. The third-order valence-corrected chi connectivity index (χ3v) is 2.31. The molecule has 0 aliphatic carbocycles. The van der Waals surface area contributed by atoms with Gasteiger partial charge in [0.05, 0.1) is 5.69 Å². The SMILES string of the molecule is CC(C)CN(C)c1nc(CNC(C)(C)C)co1. The summed E-state index contributed by atoms with van der Waals surface area (Å²) in [6, 6.07) is 0.699. The van der Waals surface area contributed by atoms with E-state index in [1.807, 2.05) is 11.9 Å². The lowest BCUT2D eigenvalue weighted by Gasteiger charge is -2.19. The van der Waals surface area contributed by atoms with E-state index in [-0.39, 0.29) is 5.54 Å². The van der Waals surface area contributed by atoms with Gasteiger partial charge in [-0.3, -0.25) is 0 Å². The molecule has 0 spiro atoms. The highest BCUT2D eigenvalue weighted by molar-refractivity contribution is 5.25. The van der Waals surface area contributed by atoms with Gasteiger partial charge in [0.25, 0.3) is 6.01 Å². The molecule has 1 rings (SSSR count). The Hall–Kier alpha value is -1.03. The molecule has 1 N–H and O–H groups in total. The molecular formula is C13H25N3O. The average Bonchev–Trinajstić information content (AvgIpc) is 2.60. The van der Waals surface area contributed by atoms with E-state index in [1.165, 1.54) is 0 Å². The summed E-state index contributed by atoms with van der Waals surface area (Å²) in [5.74, 6) is 0.600. The number of hydrogen-bond donors (Lipinski definition) is 1. The van der Waals surface area contributed by atoms with E-state index in [2.05, 4.69) is 44.9 Å². The molecule has 0 fully saturated rings. The van der Waals surface area contributed by atoms with Gasteiger partial charge in [-0.2, -0.15) is 4.98 Å². The Labute approximate surface area is 104 Å². The number of anilines is 1. The maximum absolute atomic E-state index is 5.47. The highest BCUT2D eigenvalue weighted by Crippen LogP contribution is 2.14. The fourth-order valence-corrected chi connectivity index (χ4v) is 1.53. The van der Waals surface area contributed by atoms with Crippen LogP contribution in [0.3, 0.4) is 0 Å². The van der Waals surface area contributed by atoms with Gasteiger partial charge in [0, 0.05) is 25.7 Å². The second kappa shape index (κ2) is 5.54. The fourth-order valence-electron chi connectivity index (χ4n) is 1.53. The van der Waals surface area contributed by atoms with Crippen LogP contribution in [0.15, 0.2) is 10.7 Å². The van der Waals surface area contributed by atoms with Gasteiger partial charge in [0.15, 0.2) is 0 Å². The van der Waals surface area contributed by atoms with Crippen molar-refractivity contribution >= 4 is 6.01 Å². The molecule has 0 amide bonds. The minimum atomic E-state index is 0.100. The Balaban J connectivity index is 2.53. The zero-order valence-electron chi connectivity index (χ0n) is 11.9. The van der Waals surface area contributed by atoms with Crippen molar-refractivity contribution in [2.75, 3.05) is 18.5 Å². The molecule has 0 saturated heterocycles. The van der Waals surface area contributed by atoms with Gasteiger partial charge in [-0.25, -0.2) is 0 Å². The van der Waals surface area contributed by atoms with Gasteiger partial charge in [0.2, 0.25) is 0 Å². The summed E-state index contributed by atoms with van der Waals surface area (Å²) in [5, 5.41) is 3.39. The normalized spacial score (nSPS) is 12.2. The Bertz CT molecular complexity index is 339. The molecule has 1 aromatic heterocycles. The minimum absolute atomic E-state index is 0.100. The van der Waals surface area contributed by atoms with E-state index in [0.29, 0.717) is 11.9 Å². The molecule has 0 aromatic carbocycles. The lowest BCUT2D eigenvalue weighted by atomic mass is 10.1. The molecule has 4 heteroatoms. The summed E-state index contributed by atoms with van der Waals surface area (Å²) in [6.45, 7) is 12.5. The van der Waals surface area contributed by atoms with E-state index >= 15 is 0 Å². The van der Waals surface area contributed by atoms with E-state index in [9.17, 15) is 0 Å². The van der Waals surface area contributed by atoms with Gasteiger partial charge < -0.3 is 14.6 Å². The molecule has 0 unspecified atom stereocenters. The summed E-state index contributed by atoms with van der Waals surface area (Å²) in [4.78, 5) is 6.51. The third-order valence-electron chi connectivity index (χ3n) is 2.31. The summed E-state index contributed by atoms with van der Waals surface area (Å²) >= 11 is 0. The predicted molar refractivity (Wildman–Crippen MR) is 71.2 cm³/mol.